The highest BCUT2D eigenvalue weighted by Crippen LogP contribution is 2.25. The first-order valence-corrected chi connectivity index (χ1v) is 10.3. The van der Waals surface area contributed by atoms with Gasteiger partial charge < -0.3 is 4.57 Å². The van der Waals surface area contributed by atoms with Crippen molar-refractivity contribution >= 4 is 32.3 Å². The molecule has 0 saturated carbocycles. The van der Waals surface area contributed by atoms with E-state index in [4.69, 9.17) is 0 Å². The molecule has 0 saturated heterocycles. The molecule has 0 unspecified atom stereocenters. The Morgan fingerprint density at radius 3 is 2.62 bits per heavy atom. The van der Waals surface area contributed by atoms with Crippen molar-refractivity contribution in [3.63, 3.8) is 0 Å². The molecule has 4 nitrogen and oxygen atoms in total. The molecule has 0 aliphatic rings. The number of hydrogen-bond acceptors (Lipinski definition) is 3. The molecule has 0 fully saturated rings. The number of fused-ring (bicyclic) bond motifs is 1. The molecule has 2 aromatic heterocycles. The number of aromatic nitrogens is 1. The van der Waals surface area contributed by atoms with E-state index in [0.29, 0.717) is 17.2 Å². The van der Waals surface area contributed by atoms with E-state index in [0.717, 1.165) is 11.3 Å². The highest BCUT2D eigenvalue weighted by Gasteiger charge is 2.17. The molecular weight excluding hydrogens is 340 g/mol. The molecule has 0 spiro atoms. The number of sulfonamides is 1. The molecule has 24 heavy (non-hydrogen) atoms. The maximum absolute atomic E-state index is 12.4. The number of hydrogen-bond donors (Lipinski definition) is 1. The first-order chi connectivity index (χ1) is 11.4. The van der Waals surface area contributed by atoms with Crippen molar-refractivity contribution in [3.05, 3.63) is 52.5 Å². The molecule has 0 aliphatic carbocycles. The largest absolute Gasteiger partial charge is 0.348 e. The number of nitrogens with zero attached hydrogens (tertiary/aromatic N) is 1. The first kappa shape index (κ1) is 17.2. The molecule has 0 atom stereocenters. The van der Waals surface area contributed by atoms with Gasteiger partial charge in [-0.05, 0) is 43.5 Å². The Bertz CT molecular complexity index is 968. The standard InChI is InChI=1S/C18H22N2O2S2/c1-4-14-9-10-18(23-14)24(21,22)19-12-11-15-13(2)20(3)17-8-6-5-7-16(15)17/h5-10,19H,4,11-12H2,1-3H3. The summed E-state index contributed by atoms with van der Waals surface area (Å²) in [5, 5.41) is 1.20. The molecule has 0 aliphatic heterocycles. The van der Waals surface area contributed by atoms with Gasteiger partial charge in [0.1, 0.15) is 4.21 Å². The Kier molecular flexibility index (Phi) is 4.80. The van der Waals surface area contributed by atoms with Crippen LogP contribution in [0.3, 0.4) is 0 Å². The fraction of sp³-hybridized carbons (Fsp3) is 0.333. The highest BCUT2D eigenvalue weighted by molar-refractivity contribution is 7.91. The maximum Gasteiger partial charge on any atom is 0.250 e. The van der Waals surface area contributed by atoms with Crippen LogP contribution in [0.4, 0.5) is 0 Å². The SMILES string of the molecule is CCc1ccc(S(=O)(=O)NCCc2c(C)n(C)c3ccccc23)s1. The van der Waals surface area contributed by atoms with Gasteiger partial charge >= 0.3 is 0 Å². The van der Waals surface area contributed by atoms with E-state index in [1.807, 2.05) is 32.2 Å². The Morgan fingerprint density at radius 1 is 1.17 bits per heavy atom. The van der Waals surface area contributed by atoms with Gasteiger partial charge in [0.2, 0.25) is 10.0 Å². The van der Waals surface area contributed by atoms with Crippen molar-refractivity contribution in [2.45, 2.75) is 30.9 Å². The summed E-state index contributed by atoms with van der Waals surface area (Å²) in [4.78, 5) is 1.08. The fourth-order valence-electron chi connectivity index (χ4n) is 2.99. The van der Waals surface area contributed by atoms with Gasteiger partial charge in [0, 0.05) is 35.1 Å². The first-order valence-electron chi connectivity index (χ1n) is 8.05. The van der Waals surface area contributed by atoms with Gasteiger partial charge in [0.15, 0.2) is 0 Å². The normalized spacial score (nSPS) is 12.1. The lowest BCUT2D eigenvalue weighted by Gasteiger charge is -2.06. The Labute approximate surface area is 147 Å². The van der Waals surface area contributed by atoms with E-state index in [2.05, 4.69) is 28.3 Å². The summed E-state index contributed by atoms with van der Waals surface area (Å²) in [6, 6.07) is 11.8. The van der Waals surface area contributed by atoms with Crippen molar-refractivity contribution in [1.82, 2.24) is 9.29 Å². The molecule has 1 N–H and O–H groups in total. The van der Waals surface area contributed by atoms with Crippen LogP contribution >= 0.6 is 11.3 Å². The molecule has 2 heterocycles. The lowest BCUT2D eigenvalue weighted by Crippen LogP contribution is -2.25. The molecule has 0 radical (unpaired) electrons. The zero-order valence-corrected chi connectivity index (χ0v) is 15.8. The Balaban J connectivity index is 1.76. The minimum Gasteiger partial charge on any atom is -0.348 e. The van der Waals surface area contributed by atoms with Crippen LogP contribution in [0.25, 0.3) is 10.9 Å². The van der Waals surface area contributed by atoms with Crippen LogP contribution in [0.5, 0.6) is 0 Å². The summed E-state index contributed by atoms with van der Waals surface area (Å²) in [7, 11) is -1.37. The third-order valence-electron chi connectivity index (χ3n) is 4.45. The molecule has 3 rings (SSSR count). The zero-order chi connectivity index (χ0) is 17.3. The Morgan fingerprint density at radius 2 is 1.92 bits per heavy atom. The number of aryl methyl sites for hydroxylation is 2. The van der Waals surface area contributed by atoms with Crippen molar-refractivity contribution in [2.24, 2.45) is 7.05 Å². The molecule has 0 amide bonds. The molecule has 1 aromatic carbocycles. The lowest BCUT2D eigenvalue weighted by molar-refractivity contribution is 0.583. The van der Waals surface area contributed by atoms with Gasteiger partial charge in [-0.1, -0.05) is 25.1 Å². The monoisotopic (exact) mass is 362 g/mol. The van der Waals surface area contributed by atoms with Crippen molar-refractivity contribution in [3.8, 4) is 0 Å². The van der Waals surface area contributed by atoms with E-state index in [1.165, 1.54) is 33.5 Å². The molecular formula is C18H22N2O2S2. The number of rotatable bonds is 6. The number of nitrogens with one attached hydrogen (secondary N) is 1. The van der Waals surface area contributed by atoms with Crippen LogP contribution in [-0.2, 0) is 29.9 Å². The van der Waals surface area contributed by atoms with Crippen LogP contribution in [0.2, 0.25) is 0 Å². The summed E-state index contributed by atoms with van der Waals surface area (Å²) in [5.41, 5.74) is 3.56. The highest BCUT2D eigenvalue weighted by atomic mass is 32.2. The molecule has 0 bridgehead atoms. The fourth-order valence-corrected chi connectivity index (χ4v) is 5.36. The van der Waals surface area contributed by atoms with Crippen molar-refractivity contribution in [1.29, 1.82) is 0 Å². The van der Waals surface area contributed by atoms with E-state index in [-0.39, 0.29) is 0 Å². The summed E-state index contributed by atoms with van der Waals surface area (Å²) < 4.78 is 30.1. The second kappa shape index (κ2) is 6.70. The Hall–Kier alpha value is -1.63. The average Bonchev–Trinajstić information content (AvgIpc) is 3.15. The van der Waals surface area contributed by atoms with Gasteiger partial charge in [-0.15, -0.1) is 11.3 Å². The van der Waals surface area contributed by atoms with Crippen LogP contribution < -0.4 is 4.72 Å². The van der Waals surface area contributed by atoms with Crippen LogP contribution in [-0.4, -0.2) is 19.5 Å². The minimum atomic E-state index is -3.42. The van der Waals surface area contributed by atoms with Gasteiger partial charge in [0.25, 0.3) is 0 Å². The third-order valence-corrected chi connectivity index (χ3v) is 7.63. The van der Waals surface area contributed by atoms with E-state index >= 15 is 0 Å². The predicted octanol–water partition coefficient (Wildman–Crippen LogP) is 3.63. The van der Waals surface area contributed by atoms with Gasteiger partial charge in [-0.3, -0.25) is 0 Å². The van der Waals surface area contributed by atoms with Gasteiger partial charge in [-0.2, -0.15) is 0 Å². The predicted molar refractivity (Wildman–Crippen MR) is 100 cm³/mol. The summed E-state index contributed by atoms with van der Waals surface area (Å²) in [6.45, 7) is 4.51. The smallest absolute Gasteiger partial charge is 0.250 e. The van der Waals surface area contributed by atoms with E-state index < -0.39 is 10.0 Å². The van der Waals surface area contributed by atoms with Crippen LogP contribution in [0.1, 0.15) is 23.1 Å². The number of thiophene rings is 1. The topological polar surface area (TPSA) is 51.1 Å². The van der Waals surface area contributed by atoms with E-state index in [1.54, 1.807) is 6.07 Å². The quantitative estimate of drug-likeness (QED) is 0.728. The molecule has 3 aromatic rings. The summed E-state index contributed by atoms with van der Waals surface area (Å²) in [5.74, 6) is 0. The van der Waals surface area contributed by atoms with E-state index in [9.17, 15) is 8.42 Å². The van der Waals surface area contributed by atoms with Crippen LogP contribution in [0.15, 0.2) is 40.6 Å². The molecule has 6 heteroatoms. The maximum atomic E-state index is 12.4. The minimum absolute atomic E-state index is 0.397. The zero-order valence-electron chi connectivity index (χ0n) is 14.2. The summed E-state index contributed by atoms with van der Waals surface area (Å²) >= 11 is 1.34. The van der Waals surface area contributed by atoms with Crippen molar-refractivity contribution in [2.75, 3.05) is 6.54 Å². The molecule has 128 valence electrons. The summed E-state index contributed by atoms with van der Waals surface area (Å²) in [6.07, 6.45) is 1.54. The third kappa shape index (κ3) is 3.14. The van der Waals surface area contributed by atoms with Gasteiger partial charge in [-0.25, -0.2) is 13.1 Å². The number of benzene rings is 1. The second-order valence-electron chi connectivity index (χ2n) is 5.86. The average molecular weight is 363 g/mol. The number of para-hydroxylation sites is 1. The van der Waals surface area contributed by atoms with Crippen LogP contribution in [0, 0.1) is 6.92 Å². The van der Waals surface area contributed by atoms with Gasteiger partial charge in [0.05, 0.1) is 0 Å². The second-order valence-corrected chi connectivity index (χ2v) is 9.02. The lowest BCUT2D eigenvalue weighted by atomic mass is 10.1. The van der Waals surface area contributed by atoms with Crippen molar-refractivity contribution < 1.29 is 8.42 Å².